The molecule has 1 aliphatic heterocycles. The van der Waals surface area contributed by atoms with Crippen molar-refractivity contribution in [3.8, 4) is 0 Å². The van der Waals surface area contributed by atoms with Crippen molar-refractivity contribution in [2.24, 2.45) is 0 Å². The molecule has 2 aromatic heterocycles. The molecule has 1 unspecified atom stereocenters. The van der Waals surface area contributed by atoms with Crippen LogP contribution in [0.1, 0.15) is 62.9 Å². The number of nitrogens with zero attached hydrogens (tertiary/aromatic N) is 4. The molecule has 0 bridgehead atoms. The normalized spacial score (nSPS) is 16.0. The van der Waals surface area contributed by atoms with Gasteiger partial charge in [0.2, 0.25) is 11.9 Å². The number of anilines is 2. The first kappa shape index (κ1) is 27.1. The van der Waals surface area contributed by atoms with Crippen LogP contribution in [0.25, 0.3) is 0 Å². The Balaban J connectivity index is 1.28. The quantitative estimate of drug-likeness (QED) is 0.414. The van der Waals surface area contributed by atoms with E-state index in [2.05, 4.69) is 39.5 Å². The van der Waals surface area contributed by atoms with Crippen LogP contribution in [0.2, 0.25) is 0 Å². The molecule has 0 saturated carbocycles. The van der Waals surface area contributed by atoms with Gasteiger partial charge in [-0.3, -0.25) is 14.5 Å². The largest absolute Gasteiger partial charge is 0.359 e. The van der Waals surface area contributed by atoms with Crippen LogP contribution in [0.3, 0.4) is 0 Å². The second-order valence-corrected chi connectivity index (χ2v) is 11.0. The SMILES string of the molecule is CC(C)N1CCC([N+](=O)c2ccc(C(=O)Nc3ccc(CC(=O)Nc4cc(C(C)(C)C)on4)cc3)nc2)C1. The molecule has 1 aliphatic rings. The molecular formula is C28H35N6O4+. The minimum Gasteiger partial charge on any atom is -0.359 e. The van der Waals surface area contributed by atoms with E-state index in [4.69, 9.17) is 4.52 Å². The van der Waals surface area contributed by atoms with Crippen molar-refractivity contribution in [1.29, 1.82) is 0 Å². The van der Waals surface area contributed by atoms with Crippen molar-refractivity contribution in [1.82, 2.24) is 15.0 Å². The lowest BCUT2D eigenvalue weighted by Gasteiger charge is -2.18. The zero-order valence-corrected chi connectivity index (χ0v) is 22.5. The summed E-state index contributed by atoms with van der Waals surface area (Å²) >= 11 is 0. The molecule has 1 fully saturated rings. The van der Waals surface area contributed by atoms with Crippen LogP contribution in [-0.2, 0) is 16.6 Å². The lowest BCUT2D eigenvalue weighted by atomic mass is 9.93. The number of hydrogen-bond acceptors (Lipinski definition) is 7. The van der Waals surface area contributed by atoms with Crippen molar-refractivity contribution in [2.45, 2.75) is 65.0 Å². The van der Waals surface area contributed by atoms with Gasteiger partial charge in [-0.25, -0.2) is 4.98 Å². The summed E-state index contributed by atoms with van der Waals surface area (Å²) in [6, 6.07) is 12.2. The Morgan fingerprint density at radius 3 is 2.45 bits per heavy atom. The Hall–Kier alpha value is -3.92. The van der Waals surface area contributed by atoms with Gasteiger partial charge in [0.05, 0.1) is 13.0 Å². The first-order valence-electron chi connectivity index (χ1n) is 12.8. The van der Waals surface area contributed by atoms with Gasteiger partial charge in [-0.1, -0.05) is 38.1 Å². The van der Waals surface area contributed by atoms with Gasteiger partial charge in [0.25, 0.3) is 11.6 Å². The van der Waals surface area contributed by atoms with E-state index in [-0.39, 0.29) is 35.4 Å². The second-order valence-electron chi connectivity index (χ2n) is 11.0. The van der Waals surface area contributed by atoms with E-state index in [0.717, 1.165) is 29.8 Å². The molecule has 1 aromatic carbocycles. The van der Waals surface area contributed by atoms with Gasteiger partial charge in [-0.05, 0) is 37.6 Å². The number of nitrogens with one attached hydrogen (secondary N) is 2. The summed E-state index contributed by atoms with van der Waals surface area (Å²) in [5, 5.41) is 9.43. The Bertz CT molecular complexity index is 1290. The second kappa shape index (κ2) is 11.2. The number of pyridine rings is 1. The molecule has 1 atom stereocenters. The van der Waals surface area contributed by atoms with E-state index >= 15 is 0 Å². The fourth-order valence-electron chi connectivity index (χ4n) is 4.25. The molecule has 10 heteroatoms. The van der Waals surface area contributed by atoms with E-state index in [1.165, 1.54) is 6.20 Å². The summed E-state index contributed by atoms with van der Waals surface area (Å²) in [6.07, 6.45) is 2.40. The van der Waals surface area contributed by atoms with Crippen LogP contribution in [0.5, 0.6) is 0 Å². The molecule has 4 rings (SSSR count). The molecule has 3 aromatic rings. The Labute approximate surface area is 222 Å². The third kappa shape index (κ3) is 6.69. The fraction of sp³-hybridized carbons (Fsp3) is 0.429. The van der Waals surface area contributed by atoms with Gasteiger partial charge in [-0.15, -0.1) is 0 Å². The van der Waals surface area contributed by atoms with Gasteiger partial charge < -0.3 is 15.2 Å². The zero-order chi connectivity index (χ0) is 27.4. The number of carbonyl (C=O) groups is 2. The zero-order valence-electron chi connectivity index (χ0n) is 22.5. The van der Waals surface area contributed by atoms with E-state index in [1.54, 1.807) is 42.5 Å². The summed E-state index contributed by atoms with van der Waals surface area (Å²) in [7, 11) is 0. The third-order valence-corrected chi connectivity index (χ3v) is 6.59. The average molecular weight is 520 g/mol. The molecule has 0 radical (unpaired) electrons. The smallest absolute Gasteiger partial charge is 0.274 e. The van der Waals surface area contributed by atoms with Crippen molar-refractivity contribution in [3.63, 3.8) is 0 Å². The molecule has 10 nitrogen and oxygen atoms in total. The lowest BCUT2D eigenvalue weighted by Crippen LogP contribution is -2.31. The maximum atomic E-state index is 12.8. The number of hydrogen-bond donors (Lipinski definition) is 2. The highest BCUT2D eigenvalue weighted by atomic mass is 16.5. The molecule has 200 valence electrons. The first-order chi connectivity index (χ1) is 18.0. The van der Waals surface area contributed by atoms with Crippen LogP contribution in [-0.4, -0.2) is 56.8 Å². The summed E-state index contributed by atoms with van der Waals surface area (Å²) < 4.78 is 6.29. The predicted molar refractivity (Wildman–Crippen MR) is 145 cm³/mol. The number of nitroso groups, excluding NO2 is 1. The lowest BCUT2D eigenvalue weighted by molar-refractivity contribution is -0.502. The van der Waals surface area contributed by atoms with E-state index < -0.39 is 0 Å². The topological polar surface area (TPSA) is 120 Å². The Morgan fingerprint density at radius 1 is 1.13 bits per heavy atom. The summed E-state index contributed by atoms with van der Waals surface area (Å²) in [5.41, 5.74) is 1.81. The highest BCUT2D eigenvalue weighted by Gasteiger charge is 2.36. The third-order valence-electron chi connectivity index (χ3n) is 6.59. The number of benzene rings is 1. The minimum atomic E-state index is -0.382. The molecule has 0 spiro atoms. The van der Waals surface area contributed by atoms with Crippen molar-refractivity contribution in [3.05, 3.63) is 70.6 Å². The van der Waals surface area contributed by atoms with Crippen LogP contribution in [0.15, 0.2) is 53.2 Å². The molecule has 2 amide bonds. The highest BCUT2D eigenvalue weighted by molar-refractivity contribution is 6.03. The van der Waals surface area contributed by atoms with Crippen molar-refractivity contribution < 1.29 is 18.9 Å². The fourth-order valence-corrected chi connectivity index (χ4v) is 4.25. The van der Waals surface area contributed by atoms with Crippen molar-refractivity contribution >= 4 is 29.0 Å². The van der Waals surface area contributed by atoms with E-state index in [9.17, 15) is 14.5 Å². The van der Waals surface area contributed by atoms with Crippen LogP contribution >= 0.6 is 0 Å². The van der Waals surface area contributed by atoms with E-state index in [1.807, 2.05) is 20.8 Å². The van der Waals surface area contributed by atoms with Crippen LogP contribution < -0.4 is 10.6 Å². The Kier molecular flexibility index (Phi) is 8.01. The molecular weight excluding hydrogens is 484 g/mol. The maximum absolute atomic E-state index is 12.8. The summed E-state index contributed by atoms with van der Waals surface area (Å²) in [5.74, 6) is 0.464. The number of carbonyl (C=O) groups excluding carboxylic acids is 2. The van der Waals surface area contributed by atoms with E-state index in [0.29, 0.717) is 29.0 Å². The van der Waals surface area contributed by atoms with Gasteiger partial charge >= 0.3 is 0 Å². The first-order valence-corrected chi connectivity index (χ1v) is 12.8. The molecule has 2 N–H and O–H groups in total. The van der Waals surface area contributed by atoms with Crippen LogP contribution in [0, 0.1) is 4.91 Å². The average Bonchev–Trinajstić information content (AvgIpc) is 3.55. The minimum absolute atomic E-state index is 0.114. The van der Waals surface area contributed by atoms with Gasteiger partial charge in [0.1, 0.15) is 17.7 Å². The number of amides is 2. The number of rotatable bonds is 8. The standard InChI is InChI=1S/C28H34N6O4/c1-18(2)33-13-12-22(17-33)34(37)21-10-11-23(29-16-21)27(36)30-20-8-6-19(7-9-20)14-26(35)31-25-15-24(38-32-25)28(3,4)5/h6-11,15-16,18,22H,12-14,17H2,1-5H3,(H-,30,31,32,35,36)/p+1. The predicted octanol–water partition coefficient (Wildman–Crippen LogP) is 4.69. The number of aromatic nitrogens is 2. The van der Waals surface area contributed by atoms with Crippen LogP contribution in [0.4, 0.5) is 17.2 Å². The summed E-state index contributed by atoms with van der Waals surface area (Å²) in [4.78, 5) is 44.3. The number of likely N-dealkylation sites (tertiary alicyclic amines) is 1. The molecule has 0 aliphatic carbocycles. The summed E-state index contributed by atoms with van der Waals surface area (Å²) in [6.45, 7) is 11.9. The van der Waals surface area contributed by atoms with Gasteiger partial charge in [0.15, 0.2) is 5.82 Å². The molecule has 38 heavy (non-hydrogen) atoms. The Morgan fingerprint density at radius 2 is 1.87 bits per heavy atom. The monoisotopic (exact) mass is 519 g/mol. The maximum Gasteiger partial charge on any atom is 0.274 e. The molecule has 3 heterocycles. The van der Waals surface area contributed by atoms with Gasteiger partial charge in [-0.2, -0.15) is 0 Å². The highest BCUT2D eigenvalue weighted by Crippen LogP contribution is 2.25. The van der Waals surface area contributed by atoms with Gasteiger partial charge in [0, 0.05) is 51.9 Å². The molecule has 1 saturated heterocycles. The van der Waals surface area contributed by atoms with Crippen molar-refractivity contribution in [2.75, 3.05) is 23.7 Å².